The number of hydrogen-bond acceptors (Lipinski definition) is 4. The Morgan fingerprint density at radius 3 is 2.17 bits per heavy atom. The van der Waals surface area contributed by atoms with E-state index in [4.69, 9.17) is 34.8 Å². The predicted octanol–water partition coefficient (Wildman–Crippen LogP) is 6.75. The van der Waals surface area contributed by atoms with Crippen LogP contribution in [0.25, 0.3) is 0 Å². The van der Waals surface area contributed by atoms with E-state index in [1.807, 2.05) is 56.3 Å². The Bertz CT molecular complexity index is 1450. The van der Waals surface area contributed by atoms with Gasteiger partial charge in [-0.3, -0.25) is 13.9 Å². The smallest absolute Gasteiger partial charge is 0.243 e. The summed E-state index contributed by atoms with van der Waals surface area (Å²) in [5.74, 6) is -0.533. The number of anilines is 1. The summed E-state index contributed by atoms with van der Waals surface area (Å²) in [6, 6.07) is 20.4. The van der Waals surface area contributed by atoms with Crippen LogP contribution < -0.4 is 9.62 Å². The van der Waals surface area contributed by atoms with Gasteiger partial charge in [0.15, 0.2) is 0 Å². The highest BCUT2D eigenvalue weighted by Gasteiger charge is 2.31. The summed E-state index contributed by atoms with van der Waals surface area (Å²) in [7, 11) is -3.73. The Balaban J connectivity index is 1.90. The summed E-state index contributed by atoms with van der Waals surface area (Å²) < 4.78 is 26.5. The van der Waals surface area contributed by atoms with Gasteiger partial charge >= 0.3 is 0 Å². The highest BCUT2D eigenvalue weighted by atomic mass is 35.5. The molecule has 0 saturated carbocycles. The lowest BCUT2D eigenvalue weighted by Gasteiger charge is -2.32. The zero-order chi connectivity index (χ0) is 30.9. The first-order chi connectivity index (χ1) is 19.9. The van der Waals surface area contributed by atoms with E-state index in [1.165, 1.54) is 12.1 Å². The molecule has 0 spiro atoms. The SMILES string of the molecule is CC[C@H](C)NC(=O)[C@@H](Cc1ccccc1)N(Cc1ccc(Cl)cc1)C(=O)CCCN(c1cc(Cl)ccc1Cl)S(C)(=O)=O. The largest absolute Gasteiger partial charge is 0.352 e. The summed E-state index contributed by atoms with van der Waals surface area (Å²) in [5, 5.41) is 4.17. The Labute approximate surface area is 263 Å². The molecular weight excluding hydrogens is 617 g/mol. The molecule has 3 rings (SSSR count). The number of nitrogens with one attached hydrogen (secondary N) is 1. The molecular formula is C31H36Cl3N3O4S. The third-order valence-electron chi connectivity index (χ3n) is 6.87. The molecule has 226 valence electrons. The minimum absolute atomic E-state index is 0.000302. The zero-order valence-electron chi connectivity index (χ0n) is 23.9. The summed E-state index contributed by atoms with van der Waals surface area (Å²) in [4.78, 5) is 29.1. The van der Waals surface area contributed by atoms with Crippen molar-refractivity contribution in [1.29, 1.82) is 0 Å². The van der Waals surface area contributed by atoms with E-state index in [0.29, 0.717) is 16.5 Å². The van der Waals surface area contributed by atoms with Crippen LogP contribution in [0.15, 0.2) is 72.8 Å². The molecule has 0 aliphatic rings. The van der Waals surface area contributed by atoms with E-state index in [9.17, 15) is 18.0 Å². The Morgan fingerprint density at radius 1 is 0.905 bits per heavy atom. The summed E-state index contributed by atoms with van der Waals surface area (Å²) in [6.45, 7) is 4.08. The number of carbonyl (C=O) groups excluding carboxylic acids is 2. The third-order valence-corrected chi connectivity index (χ3v) is 8.85. The molecule has 2 amide bonds. The molecule has 2 atom stereocenters. The van der Waals surface area contributed by atoms with Crippen LogP contribution >= 0.6 is 34.8 Å². The second-order valence-corrected chi connectivity index (χ2v) is 13.4. The molecule has 0 radical (unpaired) electrons. The van der Waals surface area contributed by atoms with Crippen LogP contribution in [0, 0.1) is 0 Å². The fourth-order valence-corrected chi connectivity index (χ4v) is 5.97. The number of hydrogen-bond donors (Lipinski definition) is 1. The van der Waals surface area contributed by atoms with Gasteiger partial charge in [0.2, 0.25) is 21.8 Å². The molecule has 0 fully saturated rings. The molecule has 0 aliphatic carbocycles. The molecule has 0 aromatic heterocycles. The highest BCUT2D eigenvalue weighted by molar-refractivity contribution is 7.92. The van der Waals surface area contributed by atoms with Crippen molar-refractivity contribution in [3.63, 3.8) is 0 Å². The maximum Gasteiger partial charge on any atom is 0.243 e. The normalized spacial score (nSPS) is 12.8. The molecule has 0 unspecified atom stereocenters. The molecule has 1 N–H and O–H groups in total. The molecule has 0 heterocycles. The monoisotopic (exact) mass is 651 g/mol. The predicted molar refractivity (Wildman–Crippen MR) is 172 cm³/mol. The van der Waals surface area contributed by atoms with Crippen molar-refractivity contribution in [3.8, 4) is 0 Å². The van der Waals surface area contributed by atoms with Gasteiger partial charge in [-0.15, -0.1) is 0 Å². The standard InChI is InChI=1S/C31H36Cl3N3O4S/c1-4-22(2)35-31(39)29(19-23-9-6-5-7-10-23)36(21-24-12-14-25(32)15-13-24)30(38)11-8-18-37(42(3,40)41)28-20-26(33)16-17-27(28)34/h5-7,9-10,12-17,20,22,29H,4,8,11,18-19,21H2,1-3H3,(H,35,39)/t22-,29+/m0/s1. The van der Waals surface area contributed by atoms with Crippen LogP contribution in [0.3, 0.4) is 0 Å². The minimum Gasteiger partial charge on any atom is -0.352 e. The van der Waals surface area contributed by atoms with Crippen LogP contribution in [0.2, 0.25) is 15.1 Å². The van der Waals surface area contributed by atoms with Gasteiger partial charge in [0.05, 0.1) is 17.0 Å². The Kier molecular flexibility index (Phi) is 12.5. The summed E-state index contributed by atoms with van der Waals surface area (Å²) in [5.41, 5.74) is 1.97. The molecule has 11 heteroatoms. The van der Waals surface area contributed by atoms with Crippen molar-refractivity contribution >= 4 is 62.3 Å². The zero-order valence-corrected chi connectivity index (χ0v) is 27.0. The number of carbonyl (C=O) groups is 2. The fraction of sp³-hybridized carbons (Fsp3) is 0.355. The van der Waals surface area contributed by atoms with Crippen LogP contribution in [0.4, 0.5) is 5.69 Å². The van der Waals surface area contributed by atoms with Gasteiger partial charge in [-0.05, 0) is 61.2 Å². The maximum absolute atomic E-state index is 13.9. The fourth-order valence-electron chi connectivity index (χ4n) is 4.44. The van der Waals surface area contributed by atoms with Crippen molar-refractivity contribution < 1.29 is 18.0 Å². The van der Waals surface area contributed by atoms with Gasteiger partial charge in [-0.25, -0.2) is 8.42 Å². The molecule has 7 nitrogen and oxygen atoms in total. The van der Waals surface area contributed by atoms with Crippen LogP contribution in [-0.2, 0) is 32.6 Å². The molecule has 0 saturated heterocycles. The molecule has 0 bridgehead atoms. The van der Waals surface area contributed by atoms with E-state index >= 15 is 0 Å². The second-order valence-electron chi connectivity index (χ2n) is 10.2. The molecule has 0 aliphatic heterocycles. The number of amides is 2. The van der Waals surface area contributed by atoms with Gasteiger partial charge in [-0.2, -0.15) is 0 Å². The average Bonchev–Trinajstić information content (AvgIpc) is 2.95. The van der Waals surface area contributed by atoms with E-state index < -0.39 is 16.1 Å². The molecule has 3 aromatic rings. The van der Waals surface area contributed by atoms with E-state index in [0.717, 1.165) is 28.1 Å². The summed E-state index contributed by atoms with van der Waals surface area (Å²) >= 11 is 18.5. The van der Waals surface area contributed by atoms with E-state index in [2.05, 4.69) is 5.32 Å². The second kappa shape index (κ2) is 15.6. The van der Waals surface area contributed by atoms with Crippen molar-refractivity contribution in [2.45, 2.75) is 58.2 Å². The van der Waals surface area contributed by atoms with Crippen LogP contribution in [0.5, 0.6) is 0 Å². The highest BCUT2D eigenvalue weighted by Crippen LogP contribution is 2.31. The quantitative estimate of drug-likeness (QED) is 0.209. The first-order valence-electron chi connectivity index (χ1n) is 13.7. The van der Waals surface area contributed by atoms with Crippen molar-refractivity contribution in [2.75, 3.05) is 17.1 Å². The Hall–Kier alpha value is -2.78. The molecule has 42 heavy (non-hydrogen) atoms. The third kappa shape index (κ3) is 9.90. The number of nitrogens with zero attached hydrogens (tertiary/aromatic N) is 2. The lowest BCUT2D eigenvalue weighted by Crippen LogP contribution is -2.52. The number of halogens is 3. The van der Waals surface area contributed by atoms with Crippen LogP contribution in [-0.4, -0.2) is 50.0 Å². The van der Waals surface area contributed by atoms with Crippen LogP contribution in [0.1, 0.15) is 44.2 Å². The molecule has 3 aromatic carbocycles. The van der Waals surface area contributed by atoms with Gasteiger partial charge in [0, 0.05) is 42.0 Å². The van der Waals surface area contributed by atoms with Gasteiger partial charge in [0.1, 0.15) is 6.04 Å². The van der Waals surface area contributed by atoms with Crippen molar-refractivity contribution in [1.82, 2.24) is 10.2 Å². The minimum atomic E-state index is -3.73. The van der Waals surface area contributed by atoms with E-state index in [-0.39, 0.29) is 54.5 Å². The topological polar surface area (TPSA) is 86.8 Å². The number of rotatable bonds is 14. The Morgan fingerprint density at radius 2 is 1.55 bits per heavy atom. The first kappa shape index (κ1) is 33.7. The van der Waals surface area contributed by atoms with Crippen molar-refractivity contribution in [3.05, 3.63) is 99.0 Å². The summed E-state index contributed by atoms with van der Waals surface area (Å²) in [6.07, 6.45) is 2.32. The van der Waals surface area contributed by atoms with E-state index in [1.54, 1.807) is 23.1 Å². The maximum atomic E-state index is 13.9. The van der Waals surface area contributed by atoms with Gasteiger partial charge in [-0.1, -0.05) is 84.2 Å². The lowest BCUT2D eigenvalue weighted by atomic mass is 10.0. The average molecular weight is 653 g/mol. The first-order valence-corrected chi connectivity index (χ1v) is 16.7. The van der Waals surface area contributed by atoms with Crippen molar-refractivity contribution in [2.24, 2.45) is 0 Å². The lowest BCUT2D eigenvalue weighted by molar-refractivity contribution is -0.141. The van der Waals surface area contributed by atoms with Gasteiger partial charge < -0.3 is 10.2 Å². The van der Waals surface area contributed by atoms with Gasteiger partial charge in [0.25, 0.3) is 0 Å². The number of benzene rings is 3. The number of sulfonamides is 1.